The van der Waals surface area contributed by atoms with Crippen LogP contribution in [0.2, 0.25) is 0 Å². The molecule has 1 heterocycles. The first-order valence-electron chi connectivity index (χ1n) is 7.14. The predicted octanol–water partition coefficient (Wildman–Crippen LogP) is 1.67. The van der Waals surface area contributed by atoms with Gasteiger partial charge in [-0.05, 0) is 0 Å². The van der Waals surface area contributed by atoms with Gasteiger partial charge in [0.25, 0.3) is 5.91 Å². The van der Waals surface area contributed by atoms with E-state index in [4.69, 9.17) is 0 Å². The van der Waals surface area contributed by atoms with Gasteiger partial charge in [-0.1, -0.05) is 0 Å². The van der Waals surface area contributed by atoms with Gasteiger partial charge in [0.15, 0.2) is 0 Å². The normalized spacial score (nSPS) is 17.6. The summed E-state index contributed by atoms with van der Waals surface area (Å²) < 4.78 is 79.3. The van der Waals surface area contributed by atoms with Crippen LogP contribution < -0.4 is 10.6 Å². The Hall–Kier alpha value is -1.81. The van der Waals surface area contributed by atoms with Crippen molar-refractivity contribution in [3.8, 4) is 0 Å². The first kappa shape index (κ1) is 18.5. The molecule has 24 heavy (non-hydrogen) atoms. The second-order valence-electron chi connectivity index (χ2n) is 5.30. The van der Waals surface area contributed by atoms with Crippen LogP contribution in [0.1, 0.15) is 10.4 Å². The molecule has 1 amide bonds. The molecule has 1 aliphatic heterocycles. The molecule has 1 aliphatic rings. The molecule has 0 aliphatic carbocycles. The Balaban J connectivity index is 2.10. The highest BCUT2D eigenvalue weighted by Crippen LogP contribution is 2.25. The van der Waals surface area contributed by atoms with Crippen molar-refractivity contribution in [1.82, 2.24) is 15.5 Å². The summed E-state index contributed by atoms with van der Waals surface area (Å²) in [4.78, 5) is 12.9. The highest BCUT2D eigenvalue weighted by atomic mass is 19.4. The van der Waals surface area contributed by atoms with Gasteiger partial charge in [-0.3, -0.25) is 9.69 Å². The van der Waals surface area contributed by atoms with E-state index in [2.05, 4.69) is 5.32 Å². The van der Waals surface area contributed by atoms with Gasteiger partial charge in [0.05, 0.1) is 0 Å². The summed E-state index contributed by atoms with van der Waals surface area (Å²) in [6.07, 6.45) is -4.62. The summed E-state index contributed by atoms with van der Waals surface area (Å²) in [6, 6.07) is -1.40. The van der Waals surface area contributed by atoms with Crippen molar-refractivity contribution < 1.29 is 31.1 Å². The average Bonchev–Trinajstić information content (AvgIpc) is 2.46. The lowest BCUT2D eigenvalue weighted by molar-refractivity contribution is -0.183. The fraction of sp³-hybridized carbons (Fsp3) is 0.500. The third-order valence-electron chi connectivity index (χ3n) is 3.66. The largest absolute Gasteiger partial charge is 0.405 e. The quantitative estimate of drug-likeness (QED) is 0.808. The number of carbonyl (C=O) groups is 1. The monoisotopic (exact) mass is 355 g/mol. The van der Waals surface area contributed by atoms with Gasteiger partial charge in [0.1, 0.15) is 29.1 Å². The molecule has 1 unspecified atom stereocenters. The molecule has 0 spiro atoms. The second-order valence-corrected chi connectivity index (χ2v) is 5.30. The summed E-state index contributed by atoms with van der Waals surface area (Å²) in [5, 5.41) is 4.78. The van der Waals surface area contributed by atoms with E-state index in [1.54, 1.807) is 0 Å². The van der Waals surface area contributed by atoms with Crippen LogP contribution >= 0.6 is 0 Å². The minimum atomic E-state index is -4.62. The Morgan fingerprint density at radius 3 is 2.21 bits per heavy atom. The van der Waals surface area contributed by atoms with E-state index in [9.17, 15) is 31.1 Å². The van der Waals surface area contributed by atoms with Crippen LogP contribution in [0, 0.1) is 17.5 Å². The highest BCUT2D eigenvalue weighted by molar-refractivity contribution is 5.94. The van der Waals surface area contributed by atoms with Crippen molar-refractivity contribution >= 4 is 5.91 Å². The fourth-order valence-corrected chi connectivity index (χ4v) is 2.48. The van der Waals surface area contributed by atoms with Crippen molar-refractivity contribution in [3.05, 3.63) is 35.1 Å². The lowest BCUT2D eigenvalue weighted by atomic mass is 10.1. The van der Waals surface area contributed by atoms with Crippen molar-refractivity contribution in [2.24, 2.45) is 0 Å². The van der Waals surface area contributed by atoms with Crippen LogP contribution in [0.3, 0.4) is 0 Å². The van der Waals surface area contributed by atoms with Crippen LogP contribution in [0.25, 0.3) is 0 Å². The van der Waals surface area contributed by atoms with Gasteiger partial charge in [0.2, 0.25) is 0 Å². The van der Waals surface area contributed by atoms with Crippen LogP contribution in [0.4, 0.5) is 26.3 Å². The van der Waals surface area contributed by atoms with Gasteiger partial charge in [-0.2, -0.15) is 13.2 Å². The number of carbonyl (C=O) groups excluding carboxylic acids is 1. The Morgan fingerprint density at radius 1 is 1.17 bits per heavy atom. The molecular weight excluding hydrogens is 340 g/mol. The van der Waals surface area contributed by atoms with Gasteiger partial charge in [0, 0.05) is 44.9 Å². The maximum atomic E-state index is 13.5. The van der Waals surface area contributed by atoms with E-state index >= 15 is 0 Å². The van der Waals surface area contributed by atoms with E-state index in [0.29, 0.717) is 13.1 Å². The standard InChI is InChI=1S/C14H15F6N3O/c15-8-5-9(16)12(10(17)6-8)13(24)22-7-11(14(18,19)20)23-3-1-21-2-4-23/h5-6,11,21H,1-4,7H2,(H,22,24). The summed E-state index contributed by atoms with van der Waals surface area (Å²) >= 11 is 0. The molecule has 0 radical (unpaired) electrons. The van der Waals surface area contributed by atoms with Crippen molar-refractivity contribution in [3.63, 3.8) is 0 Å². The van der Waals surface area contributed by atoms with Crippen LogP contribution in [-0.2, 0) is 0 Å². The lowest BCUT2D eigenvalue weighted by Gasteiger charge is -2.35. The Bertz CT molecular complexity index is 578. The van der Waals surface area contributed by atoms with Crippen LogP contribution in [0.15, 0.2) is 12.1 Å². The number of rotatable bonds is 4. The Morgan fingerprint density at radius 2 is 1.71 bits per heavy atom. The predicted molar refractivity (Wildman–Crippen MR) is 72.9 cm³/mol. The first-order chi connectivity index (χ1) is 11.2. The fourth-order valence-electron chi connectivity index (χ4n) is 2.48. The molecule has 10 heteroatoms. The van der Waals surface area contributed by atoms with Gasteiger partial charge >= 0.3 is 6.18 Å². The van der Waals surface area contributed by atoms with E-state index in [1.807, 2.05) is 5.32 Å². The van der Waals surface area contributed by atoms with E-state index < -0.39 is 47.7 Å². The van der Waals surface area contributed by atoms with E-state index in [0.717, 1.165) is 4.90 Å². The Labute approximate surface area is 133 Å². The molecule has 0 saturated carbocycles. The minimum absolute atomic E-state index is 0.124. The molecule has 2 N–H and O–H groups in total. The number of piperazine rings is 1. The Kier molecular flexibility index (Phi) is 5.70. The maximum absolute atomic E-state index is 13.5. The number of hydrogen-bond acceptors (Lipinski definition) is 3. The van der Waals surface area contributed by atoms with Crippen LogP contribution in [0.5, 0.6) is 0 Å². The van der Waals surface area contributed by atoms with Gasteiger partial charge in [-0.25, -0.2) is 13.2 Å². The zero-order valence-electron chi connectivity index (χ0n) is 12.4. The molecule has 1 fully saturated rings. The lowest BCUT2D eigenvalue weighted by Crippen LogP contribution is -2.57. The maximum Gasteiger partial charge on any atom is 0.405 e. The molecule has 4 nitrogen and oxygen atoms in total. The van der Waals surface area contributed by atoms with Crippen molar-refractivity contribution in [1.29, 1.82) is 0 Å². The van der Waals surface area contributed by atoms with Gasteiger partial charge in [-0.15, -0.1) is 0 Å². The van der Waals surface area contributed by atoms with E-state index in [-0.39, 0.29) is 25.2 Å². The molecule has 1 aromatic rings. The summed E-state index contributed by atoms with van der Waals surface area (Å²) in [5.74, 6) is -5.55. The number of halogens is 6. The summed E-state index contributed by atoms with van der Waals surface area (Å²) in [5.41, 5.74) is -1.11. The molecule has 1 saturated heterocycles. The third kappa shape index (κ3) is 4.38. The molecular formula is C14H15F6N3O. The van der Waals surface area contributed by atoms with Crippen molar-refractivity contribution in [2.75, 3.05) is 32.7 Å². The zero-order chi connectivity index (χ0) is 17.9. The topological polar surface area (TPSA) is 44.4 Å². The third-order valence-corrected chi connectivity index (χ3v) is 3.66. The molecule has 0 bridgehead atoms. The highest BCUT2D eigenvalue weighted by Gasteiger charge is 2.44. The molecule has 134 valence electrons. The summed E-state index contributed by atoms with van der Waals surface area (Å²) in [7, 11) is 0. The molecule has 1 atom stereocenters. The first-order valence-corrected chi connectivity index (χ1v) is 7.14. The minimum Gasteiger partial charge on any atom is -0.350 e. The zero-order valence-corrected chi connectivity index (χ0v) is 12.4. The number of amides is 1. The van der Waals surface area contributed by atoms with Crippen LogP contribution in [-0.4, -0.2) is 55.7 Å². The number of alkyl halides is 3. The average molecular weight is 355 g/mol. The number of nitrogens with one attached hydrogen (secondary N) is 2. The number of nitrogens with zero attached hydrogens (tertiary/aromatic N) is 1. The van der Waals surface area contributed by atoms with Gasteiger partial charge < -0.3 is 10.6 Å². The summed E-state index contributed by atoms with van der Waals surface area (Å²) in [6.45, 7) is 0.112. The number of hydrogen-bond donors (Lipinski definition) is 2. The molecule has 0 aromatic heterocycles. The molecule has 2 rings (SSSR count). The van der Waals surface area contributed by atoms with Crippen molar-refractivity contribution in [2.45, 2.75) is 12.2 Å². The smallest absolute Gasteiger partial charge is 0.350 e. The second kappa shape index (κ2) is 7.39. The van der Waals surface area contributed by atoms with E-state index in [1.165, 1.54) is 0 Å². The number of benzene rings is 1. The molecule has 1 aromatic carbocycles. The SMILES string of the molecule is O=C(NCC(N1CCNCC1)C(F)(F)F)c1c(F)cc(F)cc1F.